The average Bonchev–Trinajstić information content (AvgIpc) is 2.45. The van der Waals surface area contributed by atoms with Gasteiger partial charge in [0.05, 0.1) is 13.2 Å². The van der Waals surface area contributed by atoms with E-state index in [4.69, 9.17) is 4.74 Å². The molecule has 98 valence electrons. The van der Waals surface area contributed by atoms with Crippen molar-refractivity contribution in [1.29, 1.82) is 0 Å². The van der Waals surface area contributed by atoms with E-state index in [-0.39, 0.29) is 0 Å². The van der Waals surface area contributed by atoms with Crippen molar-refractivity contribution in [3.8, 4) is 0 Å². The predicted molar refractivity (Wildman–Crippen MR) is 75.5 cm³/mol. The summed E-state index contributed by atoms with van der Waals surface area (Å²) in [6.45, 7) is 6.01. The summed E-state index contributed by atoms with van der Waals surface area (Å²) in [5.74, 6) is 0. The van der Waals surface area contributed by atoms with Crippen LogP contribution in [0.25, 0.3) is 0 Å². The lowest BCUT2D eigenvalue weighted by Crippen LogP contribution is -2.36. The Morgan fingerprint density at radius 1 is 1.22 bits per heavy atom. The topological polar surface area (TPSA) is 12.5 Å². The van der Waals surface area contributed by atoms with Crippen LogP contribution >= 0.6 is 0 Å². The number of nitrogens with zero attached hydrogens (tertiary/aromatic N) is 1. The molecular weight excluding hydrogens is 222 g/mol. The molecule has 2 heteroatoms. The van der Waals surface area contributed by atoms with Gasteiger partial charge in [-0.3, -0.25) is 0 Å². The van der Waals surface area contributed by atoms with E-state index in [1.54, 1.807) is 0 Å². The normalized spacial score (nSPS) is 16.9. The Labute approximate surface area is 110 Å². The molecule has 0 unspecified atom stereocenters. The zero-order chi connectivity index (χ0) is 12.6. The number of rotatable bonds is 5. The fourth-order valence-corrected chi connectivity index (χ4v) is 2.28. The number of allylic oxidation sites excluding steroid dienone is 2. The third-order valence-corrected chi connectivity index (χ3v) is 3.31. The van der Waals surface area contributed by atoms with Crippen molar-refractivity contribution >= 4 is 0 Å². The maximum Gasteiger partial charge on any atom is 0.0642 e. The summed E-state index contributed by atoms with van der Waals surface area (Å²) in [6, 6.07) is 10.7. The van der Waals surface area contributed by atoms with Gasteiger partial charge in [-0.2, -0.15) is 0 Å². The third kappa shape index (κ3) is 3.88. The van der Waals surface area contributed by atoms with E-state index in [9.17, 15) is 0 Å². The van der Waals surface area contributed by atoms with Crippen molar-refractivity contribution in [3.05, 3.63) is 47.7 Å². The molecule has 1 aliphatic heterocycles. The summed E-state index contributed by atoms with van der Waals surface area (Å²) < 4.78 is 5.44. The molecule has 0 atom stereocenters. The molecule has 2 nitrogen and oxygen atoms in total. The SMILES string of the molecule is CCCC=C(Cc1ccccc1)N1CCOCC1. The van der Waals surface area contributed by atoms with Gasteiger partial charge in [-0.25, -0.2) is 0 Å². The minimum absolute atomic E-state index is 0.859. The largest absolute Gasteiger partial charge is 0.378 e. The van der Waals surface area contributed by atoms with E-state index < -0.39 is 0 Å². The van der Waals surface area contributed by atoms with Crippen LogP contribution in [-0.4, -0.2) is 31.2 Å². The monoisotopic (exact) mass is 245 g/mol. The molecule has 2 rings (SSSR count). The van der Waals surface area contributed by atoms with Crippen molar-refractivity contribution in [3.63, 3.8) is 0 Å². The summed E-state index contributed by atoms with van der Waals surface area (Å²) in [4.78, 5) is 2.48. The molecule has 0 radical (unpaired) electrons. The van der Waals surface area contributed by atoms with E-state index >= 15 is 0 Å². The lowest BCUT2D eigenvalue weighted by Gasteiger charge is -2.31. The van der Waals surface area contributed by atoms with Gasteiger partial charge in [0, 0.05) is 25.2 Å². The number of hydrogen-bond donors (Lipinski definition) is 0. The number of benzene rings is 1. The van der Waals surface area contributed by atoms with Crippen molar-refractivity contribution in [2.24, 2.45) is 0 Å². The molecule has 1 saturated heterocycles. The molecule has 18 heavy (non-hydrogen) atoms. The van der Waals surface area contributed by atoms with Gasteiger partial charge in [0.15, 0.2) is 0 Å². The predicted octanol–water partition coefficient (Wildman–Crippen LogP) is 3.25. The highest BCUT2D eigenvalue weighted by molar-refractivity contribution is 5.21. The molecule has 0 amide bonds. The van der Waals surface area contributed by atoms with Gasteiger partial charge in [0.25, 0.3) is 0 Å². The van der Waals surface area contributed by atoms with E-state index in [1.165, 1.54) is 24.1 Å². The van der Waals surface area contributed by atoms with Gasteiger partial charge in [-0.15, -0.1) is 0 Å². The van der Waals surface area contributed by atoms with Gasteiger partial charge in [-0.1, -0.05) is 49.8 Å². The van der Waals surface area contributed by atoms with Crippen LogP contribution in [0.5, 0.6) is 0 Å². The lowest BCUT2D eigenvalue weighted by atomic mass is 10.1. The smallest absolute Gasteiger partial charge is 0.0642 e. The Morgan fingerprint density at radius 3 is 2.61 bits per heavy atom. The highest BCUT2D eigenvalue weighted by atomic mass is 16.5. The highest BCUT2D eigenvalue weighted by Crippen LogP contribution is 2.15. The Morgan fingerprint density at radius 2 is 1.94 bits per heavy atom. The number of hydrogen-bond acceptors (Lipinski definition) is 2. The van der Waals surface area contributed by atoms with Crippen molar-refractivity contribution < 1.29 is 4.74 Å². The Hall–Kier alpha value is -1.28. The van der Waals surface area contributed by atoms with Crippen LogP contribution in [0.2, 0.25) is 0 Å². The quantitative estimate of drug-likeness (QED) is 0.789. The van der Waals surface area contributed by atoms with E-state index in [0.29, 0.717) is 0 Å². The standard InChI is InChI=1S/C16H23NO/c1-2-3-9-16(17-10-12-18-13-11-17)14-15-7-5-4-6-8-15/h4-9H,2-3,10-14H2,1H3. The maximum absolute atomic E-state index is 5.44. The van der Waals surface area contributed by atoms with Crippen LogP contribution in [0.3, 0.4) is 0 Å². The highest BCUT2D eigenvalue weighted by Gasteiger charge is 2.13. The van der Waals surface area contributed by atoms with Crippen LogP contribution < -0.4 is 0 Å². The molecule has 1 aromatic carbocycles. The first-order valence-corrected chi connectivity index (χ1v) is 6.96. The first-order chi connectivity index (χ1) is 8.90. The fraction of sp³-hybridized carbons (Fsp3) is 0.500. The van der Waals surface area contributed by atoms with Gasteiger partial charge in [-0.05, 0) is 12.0 Å². The molecule has 1 heterocycles. The van der Waals surface area contributed by atoms with Gasteiger partial charge >= 0.3 is 0 Å². The molecule has 1 aliphatic rings. The summed E-state index contributed by atoms with van der Waals surface area (Å²) in [6.07, 6.45) is 5.82. The first-order valence-electron chi connectivity index (χ1n) is 6.96. The molecule has 0 spiro atoms. The summed E-state index contributed by atoms with van der Waals surface area (Å²) in [5.41, 5.74) is 2.86. The Bertz CT molecular complexity index is 366. The number of morpholine rings is 1. The second kappa shape index (κ2) is 7.22. The van der Waals surface area contributed by atoms with Crippen LogP contribution in [0.1, 0.15) is 25.3 Å². The first kappa shape index (κ1) is 13.2. The number of ether oxygens (including phenoxy) is 1. The van der Waals surface area contributed by atoms with Gasteiger partial charge in [0.1, 0.15) is 0 Å². The lowest BCUT2D eigenvalue weighted by molar-refractivity contribution is 0.0524. The zero-order valence-electron chi connectivity index (χ0n) is 11.3. The minimum atomic E-state index is 0.859. The van der Waals surface area contributed by atoms with Crippen LogP contribution in [-0.2, 0) is 11.2 Å². The summed E-state index contributed by atoms with van der Waals surface area (Å²) >= 11 is 0. The second-order valence-corrected chi connectivity index (χ2v) is 4.75. The number of unbranched alkanes of at least 4 members (excludes halogenated alkanes) is 1. The van der Waals surface area contributed by atoms with Crippen molar-refractivity contribution in [2.45, 2.75) is 26.2 Å². The average molecular weight is 245 g/mol. The van der Waals surface area contributed by atoms with Crippen LogP contribution in [0.4, 0.5) is 0 Å². The minimum Gasteiger partial charge on any atom is -0.378 e. The molecule has 1 aromatic rings. The molecule has 0 bridgehead atoms. The zero-order valence-corrected chi connectivity index (χ0v) is 11.3. The van der Waals surface area contributed by atoms with Crippen molar-refractivity contribution in [2.75, 3.05) is 26.3 Å². The fourth-order valence-electron chi connectivity index (χ4n) is 2.28. The third-order valence-electron chi connectivity index (χ3n) is 3.31. The van der Waals surface area contributed by atoms with E-state index in [1.807, 2.05) is 0 Å². The maximum atomic E-state index is 5.44. The molecule has 1 fully saturated rings. The molecule has 0 aliphatic carbocycles. The molecule has 0 N–H and O–H groups in total. The summed E-state index contributed by atoms with van der Waals surface area (Å²) in [5, 5.41) is 0. The van der Waals surface area contributed by atoms with Gasteiger partial charge in [0.2, 0.25) is 0 Å². The molecular formula is C16H23NO. The van der Waals surface area contributed by atoms with Crippen molar-refractivity contribution in [1.82, 2.24) is 4.90 Å². The molecule has 0 saturated carbocycles. The second-order valence-electron chi connectivity index (χ2n) is 4.75. The van der Waals surface area contributed by atoms with E-state index in [0.717, 1.165) is 32.7 Å². The van der Waals surface area contributed by atoms with E-state index in [2.05, 4.69) is 48.2 Å². The van der Waals surface area contributed by atoms with Crippen LogP contribution in [0.15, 0.2) is 42.1 Å². The Kier molecular flexibility index (Phi) is 5.28. The van der Waals surface area contributed by atoms with Crippen LogP contribution in [0, 0.1) is 0 Å². The Balaban J connectivity index is 2.05. The molecule has 0 aromatic heterocycles. The van der Waals surface area contributed by atoms with Gasteiger partial charge < -0.3 is 9.64 Å². The summed E-state index contributed by atoms with van der Waals surface area (Å²) in [7, 11) is 0.